The van der Waals surface area contributed by atoms with E-state index in [2.05, 4.69) is 15.5 Å². The predicted molar refractivity (Wildman–Crippen MR) is 101 cm³/mol. The number of fused-ring (bicyclic) bond motifs is 1. The highest BCUT2D eigenvalue weighted by atomic mass is 16.3. The second-order valence-corrected chi connectivity index (χ2v) is 7.78. The average molecular weight is 370 g/mol. The first kappa shape index (κ1) is 18.0. The number of nitrogens with one attached hydrogen (secondary N) is 2. The zero-order valence-corrected chi connectivity index (χ0v) is 15.4. The summed E-state index contributed by atoms with van der Waals surface area (Å²) in [4.78, 5) is 26.4. The van der Waals surface area contributed by atoms with Gasteiger partial charge in [0.05, 0.1) is 11.6 Å². The van der Waals surface area contributed by atoms with Crippen LogP contribution in [0.4, 0.5) is 0 Å². The highest BCUT2D eigenvalue weighted by Gasteiger charge is 2.33. The number of hydrogen-bond donors (Lipinski definition) is 3. The number of aliphatic hydroxyl groups excluding tert-OH is 1. The van der Waals surface area contributed by atoms with Crippen molar-refractivity contribution in [2.45, 2.75) is 38.2 Å². The molecule has 27 heavy (non-hydrogen) atoms. The molecule has 2 fully saturated rings. The number of carbonyl (C=O) groups is 2. The molecule has 1 aliphatic heterocycles. The number of amides is 2. The summed E-state index contributed by atoms with van der Waals surface area (Å²) in [6.45, 7) is 2.07. The molecule has 2 amide bonds. The van der Waals surface area contributed by atoms with E-state index in [0.717, 1.165) is 29.6 Å². The minimum Gasteiger partial charge on any atom is -0.393 e. The van der Waals surface area contributed by atoms with Crippen LogP contribution in [-0.4, -0.2) is 57.8 Å². The minimum absolute atomic E-state index is 0.0381. The number of likely N-dealkylation sites (tertiary alicyclic amines) is 1. The SMILES string of the molecule is O=C(NCC1CCN(C(=O)CCc2[nH]nc3ccccc23)C1)C1CC(O)C1. The van der Waals surface area contributed by atoms with Crippen molar-refractivity contribution >= 4 is 22.7 Å². The van der Waals surface area contributed by atoms with Gasteiger partial charge in [0.2, 0.25) is 11.8 Å². The van der Waals surface area contributed by atoms with Crippen LogP contribution in [0.5, 0.6) is 0 Å². The number of aryl methyl sites for hydroxylation is 1. The van der Waals surface area contributed by atoms with E-state index in [1.165, 1.54) is 0 Å². The van der Waals surface area contributed by atoms with Crippen molar-refractivity contribution < 1.29 is 14.7 Å². The first-order valence-electron chi connectivity index (χ1n) is 9.75. The summed E-state index contributed by atoms with van der Waals surface area (Å²) in [7, 11) is 0. The number of para-hydroxylation sites is 1. The summed E-state index contributed by atoms with van der Waals surface area (Å²) >= 11 is 0. The Kier molecular flexibility index (Phi) is 5.11. The Balaban J connectivity index is 1.21. The predicted octanol–water partition coefficient (Wildman–Crippen LogP) is 1.23. The van der Waals surface area contributed by atoms with Crippen molar-refractivity contribution in [2.75, 3.05) is 19.6 Å². The molecule has 1 saturated heterocycles. The molecule has 1 aliphatic carbocycles. The summed E-state index contributed by atoms with van der Waals surface area (Å²) in [5.74, 6) is 0.472. The molecule has 1 aromatic carbocycles. The average Bonchev–Trinajstić information content (AvgIpc) is 3.29. The van der Waals surface area contributed by atoms with E-state index in [4.69, 9.17) is 0 Å². The molecule has 7 heteroatoms. The summed E-state index contributed by atoms with van der Waals surface area (Å²) in [5, 5.41) is 20.7. The van der Waals surface area contributed by atoms with Crippen LogP contribution in [0.3, 0.4) is 0 Å². The van der Waals surface area contributed by atoms with Gasteiger partial charge in [0.1, 0.15) is 0 Å². The van der Waals surface area contributed by atoms with Crippen LogP contribution in [0.15, 0.2) is 24.3 Å². The van der Waals surface area contributed by atoms with Crippen molar-refractivity contribution in [3.63, 3.8) is 0 Å². The Labute approximate surface area is 158 Å². The molecule has 0 spiro atoms. The normalized spacial score (nSPS) is 24.8. The van der Waals surface area contributed by atoms with Gasteiger partial charge in [0, 0.05) is 43.1 Å². The number of nitrogens with zero attached hydrogens (tertiary/aromatic N) is 2. The van der Waals surface area contributed by atoms with Gasteiger partial charge in [-0.25, -0.2) is 0 Å². The maximum absolute atomic E-state index is 12.5. The lowest BCUT2D eigenvalue weighted by atomic mass is 9.82. The second kappa shape index (κ2) is 7.68. The number of aromatic nitrogens is 2. The molecule has 4 rings (SSSR count). The van der Waals surface area contributed by atoms with Crippen LogP contribution in [0, 0.1) is 11.8 Å². The third-order valence-corrected chi connectivity index (χ3v) is 5.82. The van der Waals surface area contributed by atoms with Gasteiger partial charge in [-0.05, 0) is 37.7 Å². The van der Waals surface area contributed by atoms with Crippen LogP contribution in [0.1, 0.15) is 31.4 Å². The fraction of sp³-hybridized carbons (Fsp3) is 0.550. The lowest BCUT2D eigenvalue weighted by Gasteiger charge is -2.30. The van der Waals surface area contributed by atoms with Crippen LogP contribution < -0.4 is 5.32 Å². The monoisotopic (exact) mass is 370 g/mol. The third kappa shape index (κ3) is 3.98. The van der Waals surface area contributed by atoms with Gasteiger partial charge in [0.15, 0.2) is 0 Å². The molecule has 1 saturated carbocycles. The summed E-state index contributed by atoms with van der Waals surface area (Å²) < 4.78 is 0. The molecule has 2 aliphatic rings. The molecule has 1 atom stereocenters. The second-order valence-electron chi connectivity index (χ2n) is 7.78. The Bertz CT molecular complexity index is 827. The van der Waals surface area contributed by atoms with Gasteiger partial charge in [-0.2, -0.15) is 5.10 Å². The molecule has 144 valence electrons. The Morgan fingerprint density at radius 2 is 2.11 bits per heavy atom. The maximum Gasteiger partial charge on any atom is 0.223 e. The highest BCUT2D eigenvalue weighted by molar-refractivity contribution is 5.82. The Hall–Kier alpha value is -2.41. The van der Waals surface area contributed by atoms with Gasteiger partial charge in [-0.15, -0.1) is 0 Å². The molecule has 0 bridgehead atoms. The van der Waals surface area contributed by atoms with Gasteiger partial charge in [-0.3, -0.25) is 14.7 Å². The van der Waals surface area contributed by atoms with Crippen LogP contribution in [0.2, 0.25) is 0 Å². The van der Waals surface area contributed by atoms with Crippen LogP contribution >= 0.6 is 0 Å². The fourth-order valence-corrected chi connectivity index (χ4v) is 4.01. The van der Waals surface area contributed by atoms with Crippen LogP contribution in [0.25, 0.3) is 10.9 Å². The topological polar surface area (TPSA) is 98.3 Å². The quantitative estimate of drug-likeness (QED) is 0.712. The number of rotatable bonds is 6. The smallest absolute Gasteiger partial charge is 0.223 e. The number of carbonyl (C=O) groups excluding carboxylic acids is 2. The zero-order valence-electron chi connectivity index (χ0n) is 15.4. The molecule has 2 heterocycles. The first-order chi connectivity index (χ1) is 13.1. The number of hydrogen-bond acceptors (Lipinski definition) is 4. The number of H-pyrrole nitrogens is 1. The summed E-state index contributed by atoms with van der Waals surface area (Å²) in [6.07, 6.45) is 2.87. The van der Waals surface area contributed by atoms with E-state index >= 15 is 0 Å². The lowest BCUT2D eigenvalue weighted by Crippen LogP contribution is -2.43. The largest absolute Gasteiger partial charge is 0.393 e. The highest BCUT2D eigenvalue weighted by Crippen LogP contribution is 2.27. The van der Waals surface area contributed by atoms with Gasteiger partial charge >= 0.3 is 0 Å². The Morgan fingerprint density at radius 3 is 2.93 bits per heavy atom. The molecular formula is C20H26N4O3. The number of benzene rings is 1. The standard InChI is InChI=1S/C20H26N4O3/c25-15-9-14(10-15)20(27)21-11-13-7-8-24(12-13)19(26)6-5-18-16-3-1-2-4-17(16)22-23-18/h1-4,13-15,25H,5-12H2,(H,21,27)(H,22,23). The lowest BCUT2D eigenvalue weighted by molar-refractivity contribution is -0.131. The van der Waals surface area contributed by atoms with Crippen molar-refractivity contribution in [3.8, 4) is 0 Å². The molecular weight excluding hydrogens is 344 g/mol. The van der Waals surface area contributed by atoms with Crippen molar-refractivity contribution in [1.29, 1.82) is 0 Å². The zero-order chi connectivity index (χ0) is 18.8. The summed E-state index contributed by atoms with van der Waals surface area (Å²) in [6, 6.07) is 7.91. The number of aromatic amines is 1. The molecule has 1 unspecified atom stereocenters. The van der Waals surface area contributed by atoms with E-state index in [1.54, 1.807) is 0 Å². The fourth-order valence-electron chi connectivity index (χ4n) is 4.01. The van der Waals surface area contributed by atoms with E-state index in [-0.39, 0.29) is 23.8 Å². The van der Waals surface area contributed by atoms with E-state index in [1.807, 2.05) is 29.2 Å². The summed E-state index contributed by atoms with van der Waals surface area (Å²) in [5.41, 5.74) is 1.93. The van der Waals surface area contributed by atoms with E-state index < -0.39 is 0 Å². The molecule has 3 N–H and O–H groups in total. The van der Waals surface area contributed by atoms with Gasteiger partial charge in [0.25, 0.3) is 0 Å². The maximum atomic E-state index is 12.5. The Morgan fingerprint density at radius 1 is 1.30 bits per heavy atom. The first-order valence-corrected chi connectivity index (χ1v) is 9.75. The van der Waals surface area contributed by atoms with Crippen molar-refractivity contribution in [2.24, 2.45) is 11.8 Å². The third-order valence-electron chi connectivity index (χ3n) is 5.82. The molecule has 2 aromatic rings. The van der Waals surface area contributed by atoms with Crippen LogP contribution in [-0.2, 0) is 16.0 Å². The van der Waals surface area contributed by atoms with E-state index in [0.29, 0.717) is 44.7 Å². The van der Waals surface area contributed by atoms with Gasteiger partial charge < -0.3 is 15.3 Å². The number of aliphatic hydroxyl groups is 1. The van der Waals surface area contributed by atoms with E-state index in [9.17, 15) is 14.7 Å². The minimum atomic E-state index is -0.313. The van der Waals surface area contributed by atoms with Crippen molar-refractivity contribution in [3.05, 3.63) is 30.0 Å². The molecule has 1 aromatic heterocycles. The molecule has 7 nitrogen and oxygen atoms in total. The van der Waals surface area contributed by atoms with Crippen molar-refractivity contribution in [1.82, 2.24) is 20.4 Å². The van der Waals surface area contributed by atoms with Gasteiger partial charge in [-0.1, -0.05) is 18.2 Å². The molecule has 0 radical (unpaired) electrons.